The maximum atomic E-state index is 11.6. The van der Waals surface area contributed by atoms with Crippen molar-refractivity contribution in [2.75, 3.05) is 18.4 Å². The van der Waals surface area contributed by atoms with Gasteiger partial charge in [0.15, 0.2) is 0 Å². The minimum atomic E-state index is -1.32. The number of carboxylic acids is 2. The number of aryl methyl sites for hydroxylation is 1. The van der Waals surface area contributed by atoms with E-state index in [1.807, 2.05) is 0 Å². The van der Waals surface area contributed by atoms with Gasteiger partial charge in [0.25, 0.3) is 0 Å². The van der Waals surface area contributed by atoms with Crippen LogP contribution in [0.5, 0.6) is 0 Å². The van der Waals surface area contributed by atoms with Gasteiger partial charge in [0.2, 0.25) is 5.95 Å². The summed E-state index contributed by atoms with van der Waals surface area (Å²) in [4.78, 5) is 37.0. The third-order valence-electron chi connectivity index (χ3n) is 1.87. The molecule has 1 heterocycles. The third-order valence-corrected chi connectivity index (χ3v) is 1.87. The number of anilines is 1. The Kier molecular flexibility index (Phi) is 4.18. The summed E-state index contributed by atoms with van der Waals surface area (Å²) in [6, 6.07) is -0.879. The molecule has 1 aromatic heterocycles. The number of aromatic nitrogens is 3. The SMILES string of the molecule is Cn1ncnc1NC(=O)N(CC(=O)O)CC(=O)O. The van der Waals surface area contributed by atoms with Crippen molar-refractivity contribution in [3.05, 3.63) is 6.33 Å². The quantitative estimate of drug-likeness (QED) is 0.603. The molecule has 0 bridgehead atoms. The molecule has 0 fully saturated rings. The zero-order valence-electron chi connectivity index (χ0n) is 9.40. The van der Waals surface area contributed by atoms with E-state index in [-0.39, 0.29) is 5.95 Å². The number of carbonyl (C=O) groups is 3. The van der Waals surface area contributed by atoms with Crippen LogP contribution in [0.3, 0.4) is 0 Å². The summed E-state index contributed by atoms with van der Waals surface area (Å²) in [5, 5.41) is 23.1. The highest BCUT2D eigenvalue weighted by Crippen LogP contribution is 2.01. The largest absolute Gasteiger partial charge is 0.480 e. The van der Waals surface area contributed by atoms with Crippen LogP contribution in [-0.2, 0) is 16.6 Å². The molecule has 18 heavy (non-hydrogen) atoms. The highest BCUT2D eigenvalue weighted by molar-refractivity contribution is 5.92. The zero-order chi connectivity index (χ0) is 13.7. The Morgan fingerprint density at radius 2 is 1.89 bits per heavy atom. The smallest absolute Gasteiger partial charge is 0.325 e. The lowest BCUT2D eigenvalue weighted by atomic mass is 10.5. The number of urea groups is 1. The number of carbonyl (C=O) groups excluding carboxylic acids is 1. The van der Waals surface area contributed by atoms with E-state index in [4.69, 9.17) is 10.2 Å². The minimum absolute atomic E-state index is 0.0841. The predicted molar refractivity (Wildman–Crippen MR) is 56.9 cm³/mol. The molecule has 0 aromatic carbocycles. The normalized spacial score (nSPS) is 9.83. The minimum Gasteiger partial charge on any atom is -0.480 e. The first kappa shape index (κ1) is 13.4. The van der Waals surface area contributed by atoms with Crippen molar-refractivity contribution in [1.29, 1.82) is 0 Å². The van der Waals surface area contributed by atoms with E-state index in [1.54, 1.807) is 0 Å². The van der Waals surface area contributed by atoms with Crippen molar-refractivity contribution in [2.24, 2.45) is 7.05 Å². The highest BCUT2D eigenvalue weighted by Gasteiger charge is 2.20. The van der Waals surface area contributed by atoms with Gasteiger partial charge in [-0.3, -0.25) is 14.9 Å². The maximum Gasteiger partial charge on any atom is 0.325 e. The monoisotopic (exact) mass is 257 g/mol. The molecule has 1 aromatic rings. The molecule has 0 aliphatic heterocycles. The van der Waals surface area contributed by atoms with E-state index in [0.29, 0.717) is 4.90 Å². The summed E-state index contributed by atoms with van der Waals surface area (Å²) in [6.07, 6.45) is 1.19. The van der Waals surface area contributed by atoms with Crippen molar-refractivity contribution in [3.8, 4) is 0 Å². The van der Waals surface area contributed by atoms with Gasteiger partial charge in [-0.25, -0.2) is 9.48 Å². The number of hydrogen-bond donors (Lipinski definition) is 3. The van der Waals surface area contributed by atoms with Crippen molar-refractivity contribution in [3.63, 3.8) is 0 Å². The molecular weight excluding hydrogens is 246 g/mol. The summed E-state index contributed by atoms with van der Waals surface area (Å²) in [5.74, 6) is -2.55. The van der Waals surface area contributed by atoms with Crippen LogP contribution >= 0.6 is 0 Å². The second-order valence-electron chi connectivity index (χ2n) is 3.28. The fraction of sp³-hybridized carbons (Fsp3) is 0.375. The first-order chi connectivity index (χ1) is 8.40. The van der Waals surface area contributed by atoms with Crippen molar-refractivity contribution in [2.45, 2.75) is 0 Å². The van der Waals surface area contributed by atoms with Gasteiger partial charge in [0.05, 0.1) is 0 Å². The van der Waals surface area contributed by atoms with Crippen LogP contribution in [0.1, 0.15) is 0 Å². The van der Waals surface area contributed by atoms with Crippen molar-refractivity contribution >= 4 is 23.9 Å². The number of nitrogens with one attached hydrogen (secondary N) is 1. The van der Waals surface area contributed by atoms with E-state index in [9.17, 15) is 14.4 Å². The van der Waals surface area contributed by atoms with E-state index < -0.39 is 31.1 Å². The molecule has 98 valence electrons. The average molecular weight is 257 g/mol. The first-order valence-electron chi connectivity index (χ1n) is 4.73. The molecular formula is C8H11N5O5. The number of nitrogens with zero attached hydrogens (tertiary/aromatic N) is 4. The molecule has 0 aliphatic carbocycles. The van der Waals surface area contributed by atoms with E-state index >= 15 is 0 Å². The van der Waals surface area contributed by atoms with Gasteiger partial charge in [0, 0.05) is 7.05 Å². The molecule has 1 rings (SSSR count). The van der Waals surface area contributed by atoms with Crippen molar-refractivity contribution in [1.82, 2.24) is 19.7 Å². The number of aliphatic carboxylic acids is 2. The Morgan fingerprint density at radius 3 is 2.28 bits per heavy atom. The summed E-state index contributed by atoms with van der Waals surface area (Å²) in [5.41, 5.74) is 0. The second kappa shape index (κ2) is 5.61. The molecule has 3 N–H and O–H groups in total. The van der Waals surface area contributed by atoms with Gasteiger partial charge in [-0.2, -0.15) is 10.1 Å². The molecule has 0 unspecified atom stereocenters. The van der Waals surface area contributed by atoms with Crippen LogP contribution in [0.25, 0.3) is 0 Å². The fourth-order valence-electron chi connectivity index (χ4n) is 1.11. The fourth-order valence-corrected chi connectivity index (χ4v) is 1.11. The average Bonchev–Trinajstić information content (AvgIpc) is 2.62. The number of amides is 2. The highest BCUT2D eigenvalue weighted by atomic mass is 16.4. The van der Waals surface area contributed by atoms with Crippen LogP contribution in [0.15, 0.2) is 6.33 Å². The Bertz CT molecular complexity index is 454. The molecule has 0 atom stereocenters. The molecule has 0 saturated heterocycles. The summed E-state index contributed by atoms with van der Waals surface area (Å²) >= 11 is 0. The Hall–Kier alpha value is -2.65. The lowest BCUT2D eigenvalue weighted by Crippen LogP contribution is -2.42. The molecule has 0 spiro atoms. The van der Waals surface area contributed by atoms with Gasteiger partial charge in [-0.1, -0.05) is 0 Å². The van der Waals surface area contributed by atoms with Gasteiger partial charge in [-0.15, -0.1) is 0 Å². The second-order valence-corrected chi connectivity index (χ2v) is 3.28. The van der Waals surface area contributed by atoms with Crippen LogP contribution in [0.2, 0.25) is 0 Å². The van der Waals surface area contributed by atoms with Gasteiger partial charge in [-0.05, 0) is 0 Å². The summed E-state index contributed by atoms with van der Waals surface area (Å²) in [7, 11) is 1.52. The van der Waals surface area contributed by atoms with Crippen LogP contribution < -0.4 is 5.32 Å². The topological polar surface area (TPSA) is 138 Å². The Morgan fingerprint density at radius 1 is 1.33 bits per heavy atom. The predicted octanol–water partition coefficient (Wildman–Crippen LogP) is -1.18. The van der Waals surface area contributed by atoms with Crippen LogP contribution in [-0.4, -0.2) is 60.9 Å². The van der Waals surface area contributed by atoms with Gasteiger partial charge >= 0.3 is 18.0 Å². The number of hydrogen-bond acceptors (Lipinski definition) is 5. The molecule has 0 radical (unpaired) electrons. The van der Waals surface area contributed by atoms with Crippen LogP contribution in [0, 0.1) is 0 Å². The van der Waals surface area contributed by atoms with Crippen molar-refractivity contribution < 1.29 is 24.6 Å². The lowest BCUT2D eigenvalue weighted by Gasteiger charge is -2.18. The summed E-state index contributed by atoms with van der Waals surface area (Å²) in [6.45, 7) is -1.45. The van der Waals surface area contributed by atoms with E-state index in [2.05, 4.69) is 15.4 Å². The van der Waals surface area contributed by atoms with Gasteiger partial charge < -0.3 is 15.1 Å². The van der Waals surface area contributed by atoms with E-state index in [1.165, 1.54) is 18.1 Å². The lowest BCUT2D eigenvalue weighted by molar-refractivity contribution is -0.140. The summed E-state index contributed by atoms with van der Waals surface area (Å²) < 4.78 is 1.25. The first-order valence-corrected chi connectivity index (χ1v) is 4.73. The molecule has 0 aliphatic rings. The molecule has 10 nitrogen and oxygen atoms in total. The van der Waals surface area contributed by atoms with Crippen LogP contribution in [0.4, 0.5) is 10.7 Å². The number of rotatable bonds is 5. The van der Waals surface area contributed by atoms with E-state index in [0.717, 1.165) is 0 Å². The maximum absolute atomic E-state index is 11.6. The molecule has 10 heteroatoms. The standard InChI is InChI=1S/C8H11N5O5/c1-12-7(9-4-10-12)11-8(18)13(2-5(14)15)3-6(16)17/h4H,2-3H2,1H3,(H,14,15)(H,16,17)(H,9,10,11,18). The molecule has 2 amide bonds. The van der Waals surface area contributed by atoms with Gasteiger partial charge in [0.1, 0.15) is 19.4 Å². The Labute approximate surface area is 101 Å². The third kappa shape index (κ3) is 3.73. The molecule has 0 saturated carbocycles. The zero-order valence-corrected chi connectivity index (χ0v) is 9.40. The number of carboxylic acid groups (broad SMARTS) is 2. The Balaban J connectivity index is 2.72.